The van der Waals surface area contributed by atoms with Gasteiger partial charge in [-0.25, -0.2) is 5.90 Å². The van der Waals surface area contributed by atoms with E-state index in [-0.39, 0.29) is 12.7 Å². The van der Waals surface area contributed by atoms with Gasteiger partial charge in [0.2, 0.25) is 0 Å². The smallest absolute Gasteiger partial charge is 0.163 e. The van der Waals surface area contributed by atoms with Crippen molar-refractivity contribution in [3.63, 3.8) is 0 Å². The first-order chi connectivity index (χ1) is 7.58. The van der Waals surface area contributed by atoms with E-state index in [0.717, 1.165) is 5.56 Å². The lowest BCUT2D eigenvalue weighted by molar-refractivity contribution is 0.124. The molecular weight excluding hydrogens is 230 g/mol. The maximum atomic E-state index is 6.05. The van der Waals surface area contributed by atoms with Gasteiger partial charge in [-0.05, 0) is 19.9 Å². The van der Waals surface area contributed by atoms with Crippen LogP contribution in [0.1, 0.15) is 19.4 Å². The SMILES string of the molecule is COc1cc(CON)c(Cl)cc1OC(C)C. The summed E-state index contributed by atoms with van der Waals surface area (Å²) < 4.78 is 10.8. The van der Waals surface area contributed by atoms with Gasteiger partial charge < -0.3 is 9.47 Å². The Morgan fingerprint density at radius 3 is 2.50 bits per heavy atom. The van der Waals surface area contributed by atoms with Crippen molar-refractivity contribution in [3.8, 4) is 11.5 Å². The molecule has 90 valence electrons. The van der Waals surface area contributed by atoms with Crippen LogP contribution >= 0.6 is 11.6 Å². The molecule has 0 aliphatic heterocycles. The van der Waals surface area contributed by atoms with Crippen LogP contribution in [0.2, 0.25) is 5.02 Å². The maximum absolute atomic E-state index is 6.05. The summed E-state index contributed by atoms with van der Waals surface area (Å²) in [6, 6.07) is 3.46. The van der Waals surface area contributed by atoms with Gasteiger partial charge in [0.1, 0.15) is 0 Å². The Labute approximate surface area is 100 Å². The van der Waals surface area contributed by atoms with Crippen LogP contribution in [0.25, 0.3) is 0 Å². The number of hydrogen-bond donors (Lipinski definition) is 1. The minimum absolute atomic E-state index is 0.0570. The van der Waals surface area contributed by atoms with Gasteiger partial charge in [0, 0.05) is 11.6 Å². The number of ether oxygens (including phenoxy) is 2. The Balaban J connectivity index is 3.05. The molecule has 0 saturated carbocycles. The molecule has 0 aromatic heterocycles. The van der Waals surface area contributed by atoms with Gasteiger partial charge in [0.15, 0.2) is 11.5 Å². The molecule has 1 aromatic rings. The highest BCUT2D eigenvalue weighted by molar-refractivity contribution is 6.31. The topological polar surface area (TPSA) is 53.7 Å². The molecule has 4 nitrogen and oxygen atoms in total. The second-order valence-corrected chi connectivity index (χ2v) is 3.98. The molecule has 0 unspecified atom stereocenters. The van der Waals surface area contributed by atoms with E-state index < -0.39 is 0 Å². The molecule has 16 heavy (non-hydrogen) atoms. The van der Waals surface area contributed by atoms with E-state index in [1.165, 1.54) is 0 Å². The van der Waals surface area contributed by atoms with Crippen molar-refractivity contribution in [2.75, 3.05) is 7.11 Å². The summed E-state index contributed by atoms with van der Waals surface area (Å²) in [7, 11) is 1.57. The van der Waals surface area contributed by atoms with E-state index in [9.17, 15) is 0 Å². The number of rotatable bonds is 5. The third kappa shape index (κ3) is 3.27. The van der Waals surface area contributed by atoms with Crippen molar-refractivity contribution in [1.29, 1.82) is 0 Å². The highest BCUT2D eigenvalue weighted by atomic mass is 35.5. The van der Waals surface area contributed by atoms with Crippen molar-refractivity contribution in [1.82, 2.24) is 0 Å². The van der Waals surface area contributed by atoms with Crippen LogP contribution in [0, 0.1) is 0 Å². The lowest BCUT2D eigenvalue weighted by atomic mass is 10.2. The molecule has 0 spiro atoms. The zero-order chi connectivity index (χ0) is 12.1. The minimum Gasteiger partial charge on any atom is -0.493 e. The average Bonchev–Trinajstić information content (AvgIpc) is 2.21. The van der Waals surface area contributed by atoms with Crippen LogP contribution in [0.5, 0.6) is 11.5 Å². The predicted molar refractivity (Wildman–Crippen MR) is 62.7 cm³/mol. The van der Waals surface area contributed by atoms with Crippen LogP contribution in [-0.2, 0) is 11.4 Å². The van der Waals surface area contributed by atoms with Gasteiger partial charge >= 0.3 is 0 Å². The fourth-order valence-electron chi connectivity index (χ4n) is 1.28. The first-order valence-electron chi connectivity index (χ1n) is 4.93. The molecule has 2 N–H and O–H groups in total. The molecule has 0 bridgehead atoms. The van der Waals surface area contributed by atoms with Crippen LogP contribution in [0.3, 0.4) is 0 Å². The van der Waals surface area contributed by atoms with Crippen molar-refractivity contribution in [2.45, 2.75) is 26.6 Å². The Hall–Kier alpha value is -0.970. The molecular formula is C11H16ClNO3. The Kier molecular flexibility index (Phi) is 4.86. The van der Waals surface area contributed by atoms with Gasteiger partial charge in [-0.2, -0.15) is 0 Å². The number of nitrogens with two attached hydrogens (primary N) is 1. The summed E-state index contributed by atoms with van der Waals surface area (Å²) in [5.41, 5.74) is 0.761. The molecule has 0 amide bonds. The van der Waals surface area contributed by atoms with E-state index in [0.29, 0.717) is 16.5 Å². The summed E-state index contributed by atoms with van der Waals surface area (Å²) in [6.07, 6.45) is 0.0570. The van der Waals surface area contributed by atoms with E-state index in [1.807, 2.05) is 13.8 Å². The van der Waals surface area contributed by atoms with Crippen molar-refractivity contribution < 1.29 is 14.3 Å². The molecule has 0 heterocycles. The molecule has 0 fully saturated rings. The quantitative estimate of drug-likeness (QED) is 0.810. The second-order valence-electron chi connectivity index (χ2n) is 3.57. The average molecular weight is 246 g/mol. The summed E-state index contributed by atoms with van der Waals surface area (Å²) >= 11 is 6.05. The maximum Gasteiger partial charge on any atom is 0.163 e. The minimum atomic E-state index is 0.0570. The van der Waals surface area contributed by atoms with Crippen molar-refractivity contribution in [3.05, 3.63) is 22.7 Å². The molecule has 0 aliphatic carbocycles. The fraction of sp³-hybridized carbons (Fsp3) is 0.455. The summed E-state index contributed by atoms with van der Waals surface area (Å²) in [5, 5.41) is 0.543. The lowest BCUT2D eigenvalue weighted by Crippen LogP contribution is -2.07. The van der Waals surface area contributed by atoms with Crippen molar-refractivity contribution in [2.24, 2.45) is 5.90 Å². The first kappa shape index (κ1) is 13.1. The van der Waals surface area contributed by atoms with Crippen LogP contribution < -0.4 is 15.4 Å². The second kappa shape index (κ2) is 5.94. The molecule has 0 saturated heterocycles. The fourth-order valence-corrected chi connectivity index (χ4v) is 1.49. The summed E-state index contributed by atoms with van der Waals surface area (Å²) in [4.78, 5) is 4.55. The predicted octanol–water partition coefficient (Wildman–Crippen LogP) is 2.53. The normalized spacial score (nSPS) is 10.6. The van der Waals surface area contributed by atoms with E-state index >= 15 is 0 Å². The third-order valence-electron chi connectivity index (χ3n) is 1.93. The van der Waals surface area contributed by atoms with Gasteiger partial charge in [-0.1, -0.05) is 11.6 Å². The monoisotopic (exact) mass is 245 g/mol. The number of hydrogen-bond acceptors (Lipinski definition) is 4. The Bertz CT molecular complexity index is 355. The standard InChI is InChI=1S/C11H16ClNO3/c1-7(2)16-11-5-9(12)8(6-15-13)4-10(11)14-3/h4-5,7H,6,13H2,1-3H3. The zero-order valence-corrected chi connectivity index (χ0v) is 10.4. The highest BCUT2D eigenvalue weighted by Gasteiger charge is 2.11. The number of benzene rings is 1. The van der Waals surface area contributed by atoms with E-state index in [1.54, 1.807) is 19.2 Å². The van der Waals surface area contributed by atoms with Gasteiger partial charge in [0.25, 0.3) is 0 Å². The number of halogens is 1. The lowest BCUT2D eigenvalue weighted by Gasteiger charge is -2.15. The molecule has 0 atom stereocenters. The van der Waals surface area contributed by atoms with Crippen molar-refractivity contribution >= 4 is 11.6 Å². The molecule has 1 rings (SSSR count). The number of methoxy groups -OCH3 is 1. The van der Waals surface area contributed by atoms with E-state index in [2.05, 4.69) is 4.84 Å². The van der Waals surface area contributed by atoms with Crippen LogP contribution in [0.15, 0.2) is 12.1 Å². The Morgan fingerprint density at radius 2 is 2.00 bits per heavy atom. The van der Waals surface area contributed by atoms with E-state index in [4.69, 9.17) is 27.0 Å². The van der Waals surface area contributed by atoms with Gasteiger partial charge in [0.05, 0.1) is 24.8 Å². The third-order valence-corrected chi connectivity index (χ3v) is 2.29. The van der Waals surface area contributed by atoms with Crippen LogP contribution in [-0.4, -0.2) is 13.2 Å². The molecule has 0 aliphatic rings. The zero-order valence-electron chi connectivity index (χ0n) is 9.62. The largest absolute Gasteiger partial charge is 0.493 e. The molecule has 5 heteroatoms. The molecule has 1 aromatic carbocycles. The molecule has 0 radical (unpaired) electrons. The van der Waals surface area contributed by atoms with Gasteiger partial charge in [-0.3, -0.25) is 4.84 Å². The summed E-state index contributed by atoms with van der Waals surface area (Å²) in [6.45, 7) is 4.10. The highest BCUT2D eigenvalue weighted by Crippen LogP contribution is 2.34. The van der Waals surface area contributed by atoms with Gasteiger partial charge in [-0.15, -0.1) is 0 Å². The van der Waals surface area contributed by atoms with Crippen LogP contribution in [0.4, 0.5) is 0 Å². The first-order valence-corrected chi connectivity index (χ1v) is 5.31. The summed E-state index contributed by atoms with van der Waals surface area (Å²) in [5.74, 6) is 6.24. The Morgan fingerprint density at radius 1 is 1.31 bits per heavy atom.